The number of hydrogen-bond acceptors (Lipinski definition) is 6. The lowest BCUT2D eigenvalue weighted by molar-refractivity contribution is 0.527. The minimum absolute atomic E-state index is 0.121. The second-order valence-electron chi connectivity index (χ2n) is 4.23. The van der Waals surface area contributed by atoms with Crippen LogP contribution < -0.4 is 15.5 Å². The van der Waals surface area contributed by atoms with Crippen LogP contribution in [-0.4, -0.2) is 36.4 Å². The summed E-state index contributed by atoms with van der Waals surface area (Å²) in [7, 11) is 0. The molecule has 18 heavy (non-hydrogen) atoms. The number of para-hydroxylation sites is 1. The minimum atomic E-state index is 0.121. The van der Waals surface area contributed by atoms with Crippen molar-refractivity contribution in [2.45, 2.75) is 0 Å². The summed E-state index contributed by atoms with van der Waals surface area (Å²) in [6.07, 6.45) is 0. The fourth-order valence-corrected chi connectivity index (χ4v) is 2.15. The Hall–Kier alpha value is -2.24. The topological polar surface area (TPSA) is 71.4 Å². The van der Waals surface area contributed by atoms with E-state index in [1.807, 2.05) is 6.07 Å². The zero-order valence-electron chi connectivity index (χ0n) is 9.99. The second kappa shape index (κ2) is 4.56. The van der Waals surface area contributed by atoms with Gasteiger partial charge < -0.3 is 20.0 Å². The van der Waals surface area contributed by atoms with Gasteiger partial charge in [0.1, 0.15) is 0 Å². The number of nitrogens with two attached hydrogens (primary N) is 1. The van der Waals surface area contributed by atoms with Crippen LogP contribution in [0, 0.1) is 0 Å². The van der Waals surface area contributed by atoms with Crippen molar-refractivity contribution in [3.63, 3.8) is 0 Å². The number of rotatable bonds is 2. The molecular weight excluding hydrogens is 230 g/mol. The molecule has 0 atom stereocenters. The lowest BCUT2D eigenvalue weighted by Gasteiger charge is -2.35. The van der Waals surface area contributed by atoms with Crippen molar-refractivity contribution in [2.24, 2.45) is 0 Å². The molecule has 1 aliphatic rings. The largest absolute Gasteiger partial charge is 0.390 e. The molecule has 1 aromatic heterocycles. The average molecular weight is 245 g/mol. The highest BCUT2D eigenvalue weighted by atomic mass is 16.4. The van der Waals surface area contributed by atoms with E-state index in [1.54, 1.807) is 0 Å². The Morgan fingerprint density at radius 2 is 1.61 bits per heavy atom. The van der Waals surface area contributed by atoms with Gasteiger partial charge in [-0.05, 0) is 12.1 Å². The van der Waals surface area contributed by atoms with E-state index >= 15 is 0 Å². The first-order valence-corrected chi connectivity index (χ1v) is 5.97. The van der Waals surface area contributed by atoms with Crippen LogP contribution in [-0.2, 0) is 0 Å². The number of aromatic nitrogens is 2. The van der Waals surface area contributed by atoms with E-state index in [1.165, 1.54) is 5.69 Å². The summed E-state index contributed by atoms with van der Waals surface area (Å²) < 4.78 is 5.23. The highest BCUT2D eigenvalue weighted by Gasteiger charge is 2.20. The third kappa shape index (κ3) is 2.09. The first kappa shape index (κ1) is 10.9. The summed E-state index contributed by atoms with van der Waals surface area (Å²) >= 11 is 0. The van der Waals surface area contributed by atoms with Crippen LogP contribution in [0.4, 0.5) is 17.7 Å². The highest BCUT2D eigenvalue weighted by Crippen LogP contribution is 2.19. The van der Waals surface area contributed by atoms with Crippen molar-refractivity contribution in [3.8, 4) is 0 Å². The predicted octanol–water partition coefficient (Wildman–Crippen LogP) is 0.978. The second-order valence-corrected chi connectivity index (χ2v) is 4.23. The minimum Gasteiger partial charge on any atom is -0.390 e. The highest BCUT2D eigenvalue weighted by molar-refractivity contribution is 5.47. The summed E-state index contributed by atoms with van der Waals surface area (Å²) in [5, 5.41) is 7.58. The molecule has 6 heteroatoms. The van der Waals surface area contributed by atoms with E-state index in [2.05, 4.69) is 44.3 Å². The van der Waals surface area contributed by atoms with Crippen molar-refractivity contribution in [3.05, 3.63) is 30.3 Å². The zero-order chi connectivity index (χ0) is 12.4. The van der Waals surface area contributed by atoms with E-state index in [0.717, 1.165) is 26.2 Å². The molecule has 0 radical (unpaired) electrons. The molecule has 2 aromatic rings. The van der Waals surface area contributed by atoms with Crippen molar-refractivity contribution in [1.29, 1.82) is 0 Å². The number of hydrogen-bond donors (Lipinski definition) is 1. The van der Waals surface area contributed by atoms with Gasteiger partial charge in [0.15, 0.2) is 0 Å². The zero-order valence-corrected chi connectivity index (χ0v) is 9.99. The van der Waals surface area contributed by atoms with Gasteiger partial charge in [-0.2, -0.15) is 0 Å². The van der Waals surface area contributed by atoms with Crippen LogP contribution in [0.5, 0.6) is 0 Å². The first-order valence-electron chi connectivity index (χ1n) is 5.97. The molecule has 0 spiro atoms. The SMILES string of the molecule is Nc1nnc(N2CCN(c3ccccc3)CC2)o1. The van der Waals surface area contributed by atoms with Gasteiger partial charge in [-0.15, -0.1) is 0 Å². The van der Waals surface area contributed by atoms with Crippen LogP contribution in [0.15, 0.2) is 34.7 Å². The number of piperazine rings is 1. The predicted molar refractivity (Wildman–Crippen MR) is 69.6 cm³/mol. The van der Waals surface area contributed by atoms with Gasteiger partial charge in [0, 0.05) is 31.9 Å². The van der Waals surface area contributed by atoms with Crippen LogP contribution in [0.2, 0.25) is 0 Å². The molecule has 6 nitrogen and oxygen atoms in total. The van der Waals surface area contributed by atoms with E-state index < -0.39 is 0 Å². The number of nitrogens with zero attached hydrogens (tertiary/aromatic N) is 4. The van der Waals surface area contributed by atoms with Crippen molar-refractivity contribution in [1.82, 2.24) is 10.2 Å². The summed E-state index contributed by atoms with van der Waals surface area (Å²) in [5.74, 6) is 0. The molecular formula is C12H15N5O. The van der Waals surface area contributed by atoms with Crippen LogP contribution in [0.3, 0.4) is 0 Å². The monoisotopic (exact) mass is 245 g/mol. The molecule has 0 aliphatic carbocycles. The van der Waals surface area contributed by atoms with Crippen molar-refractivity contribution < 1.29 is 4.42 Å². The fraction of sp³-hybridized carbons (Fsp3) is 0.333. The molecule has 2 heterocycles. The standard InChI is InChI=1S/C12H15N5O/c13-11-14-15-12(18-11)17-8-6-16(7-9-17)10-4-2-1-3-5-10/h1-5H,6-9H2,(H2,13,14). The summed E-state index contributed by atoms with van der Waals surface area (Å²) in [4.78, 5) is 4.40. The van der Waals surface area contributed by atoms with Gasteiger partial charge in [-0.3, -0.25) is 0 Å². The maximum atomic E-state index is 5.43. The van der Waals surface area contributed by atoms with Gasteiger partial charge in [0.25, 0.3) is 0 Å². The van der Waals surface area contributed by atoms with Crippen LogP contribution in [0.1, 0.15) is 0 Å². The average Bonchev–Trinajstić information content (AvgIpc) is 2.87. The van der Waals surface area contributed by atoms with Gasteiger partial charge >= 0.3 is 12.0 Å². The Bertz CT molecular complexity index is 504. The molecule has 3 rings (SSSR count). The molecule has 1 aliphatic heterocycles. The third-order valence-corrected chi connectivity index (χ3v) is 3.10. The van der Waals surface area contributed by atoms with Crippen molar-refractivity contribution in [2.75, 3.05) is 41.7 Å². The molecule has 0 unspecified atom stereocenters. The molecule has 1 saturated heterocycles. The summed E-state index contributed by atoms with van der Waals surface area (Å²) in [5.41, 5.74) is 6.68. The Kier molecular flexibility index (Phi) is 2.76. The number of nitrogen functional groups attached to an aromatic ring is 1. The lowest BCUT2D eigenvalue weighted by atomic mass is 10.2. The molecule has 0 amide bonds. The van der Waals surface area contributed by atoms with Gasteiger partial charge in [0.2, 0.25) is 0 Å². The molecule has 2 N–H and O–H groups in total. The molecule has 0 bridgehead atoms. The summed E-state index contributed by atoms with van der Waals surface area (Å²) in [6, 6.07) is 11.0. The van der Waals surface area contributed by atoms with E-state index in [9.17, 15) is 0 Å². The van der Waals surface area contributed by atoms with Crippen molar-refractivity contribution >= 4 is 17.7 Å². The maximum absolute atomic E-state index is 5.43. The van der Waals surface area contributed by atoms with Crippen LogP contribution >= 0.6 is 0 Å². The third-order valence-electron chi connectivity index (χ3n) is 3.10. The quantitative estimate of drug-likeness (QED) is 0.850. The summed E-state index contributed by atoms with van der Waals surface area (Å²) in [6.45, 7) is 3.59. The number of anilines is 3. The fourth-order valence-electron chi connectivity index (χ4n) is 2.15. The molecule has 94 valence electrons. The Labute approximate surface area is 105 Å². The van der Waals surface area contributed by atoms with E-state index in [-0.39, 0.29) is 6.01 Å². The molecule has 1 aromatic carbocycles. The van der Waals surface area contributed by atoms with E-state index in [4.69, 9.17) is 10.2 Å². The maximum Gasteiger partial charge on any atom is 0.319 e. The van der Waals surface area contributed by atoms with Crippen LogP contribution in [0.25, 0.3) is 0 Å². The van der Waals surface area contributed by atoms with E-state index in [0.29, 0.717) is 6.01 Å². The first-order chi connectivity index (χ1) is 8.83. The normalized spacial score (nSPS) is 16.0. The van der Waals surface area contributed by atoms with Gasteiger partial charge in [-0.25, -0.2) is 0 Å². The Balaban J connectivity index is 1.65. The smallest absolute Gasteiger partial charge is 0.319 e. The van der Waals surface area contributed by atoms with Gasteiger partial charge in [0.05, 0.1) is 0 Å². The van der Waals surface area contributed by atoms with Gasteiger partial charge in [-0.1, -0.05) is 28.4 Å². The number of benzene rings is 1. The molecule has 1 fully saturated rings. The Morgan fingerprint density at radius 1 is 0.944 bits per heavy atom. The molecule has 0 saturated carbocycles. The lowest BCUT2D eigenvalue weighted by Crippen LogP contribution is -2.46. The Morgan fingerprint density at radius 3 is 2.22 bits per heavy atom.